The van der Waals surface area contributed by atoms with Gasteiger partial charge in [0.05, 0.1) is 12.7 Å². The summed E-state index contributed by atoms with van der Waals surface area (Å²) in [5, 5.41) is 0. The fourth-order valence-corrected chi connectivity index (χ4v) is 2.69. The highest BCUT2D eigenvalue weighted by atomic mass is 127. The Morgan fingerprint density at radius 3 is 2.86 bits per heavy atom. The first-order valence-corrected chi connectivity index (χ1v) is 6.57. The predicted molar refractivity (Wildman–Crippen MR) is 67.2 cm³/mol. The lowest BCUT2D eigenvalue weighted by Crippen LogP contribution is -2.05. The van der Waals surface area contributed by atoms with Crippen LogP contribution in [0.3, 0.4) is 0 Å². The maximum atomic E-state index is 5.72. The number of alkyl halides is 1. The number of hydrogen-bond donors (Lipinski definition) is 0. The van der Waals surface area contributed by atoms with Crippen LogP contribution in [0.1, 0.15) is 23.5 Å². The van der Waals surface area contributed by atoms with Crippen LogP contribution >= 0.6 is 22.6 Å². The Labute approximate surface area is 99.0 Å². The van der Waals surface area contributed by atoms with E-state index in [1.807, 2.05) is 0 Å². The Morgan fingerprint density at radius 2 is 2.21 bits per heavy atom. The molecule has 0 aromatic heterocycles. The minimum Gasteiger partial charge on any atom is -0.377 e. The zero-order chi connectivity index (χ0) is 9.97. The van der Waals surface area contributed by atoms with Crippen molar-refractivity contribution < 1.29 is 4.74 Å². The van der Waals surface area contributed by atoms with Crippen LogP contribution < -0.4 is 0 Å². The largest absolute Gasteiger partial charge is 0.377 e. The summed E-state index contributed by atoms with van der Waals surface area (Å²) >= 11 is 2.40. The molecule has 1 saturated heterocycles. The van der Waals surface area contributed by atoms with Crippen LogP contribution in [0.4, 0.5) is 0 Å². The van der Waals surface area contributed by atoms with Gasteiger partial charge in [-0.05, 0) is 24.5 Å². The molecule has 1 heterocycles. The third-order valence-corrected chi connectivity index (χ3v) is 3.86. The molecule has 1 aliphatic heterocycles. The summed E-state index contributed by atoms with van der Waals surface area (Å²) in [5.74, 6) is 0.621. The Balaban J connectivity index is 2.13. The molecule has 0 amide bonds. The molecule has 2 rings (SSSR count). The van der Waals surface area contributed by atoms with Gasteiger partial charge in [-0.25, -0.2) is 0 Å². The van der Waals surface area contributed by atoms with Gasteiger partial charge < -0.3 is 4.74 Å². The van der Waals surface area contributed by atoms with Crippen molar-refractivity contribution in [2.45, 2.75) is 25.4 Å². The van der Waals surface area contributed by atoms with E-state index >= 15 is 0 Å². The second-order valence-corrected chi connectivity index (χ2v) is 4.78. The van der Waals surface area contributed by atoms with Crippen molar-refractivity contribution in [2.24, 2.45) is 0 Å². The predicted octanol–water partition coefficient (Wildman–Crippen LogP) is 3.30. The van der Waals surface area contributed by atoms with Crippen LogP contribution in [0.15, 0.2) is 24.3 Å². The van der Waals surface area contributed by atoms with Gasteiger partial charge in [0.2, 0.25) is 0 Å². The van der Waals surface area contributed by atoms with Crippen molar-refractivity contribution in [2.75, 3.05) is 11.0 Å². The second kappa shape index (κ2) is 4.62. The maximum absolute atomic E-state index is 5.72. The molecule has 1 aromatic carbocycles. The minimum absolute atomic E-state index is 0.472. The normalized spacial score (nSPS) is 26.7. The topological polar surface area (TPSA) is 9.23 Å². The lowest BCUT2D eigenvalue weighted by molar-refractivity contribution is 0.129. The second-order valence-electron chi connectivity index (χ2n) is 3.90. The number of ether oxygens (including phenoxy) is 1. The molecule has 1 nitrogen and oxygen atoms in total. The Bertz CT molecular complexity index is 311. The zero-order valence-corrected chi connectivity index (χ0v) is 10.5. The Kier molecular flexibility index (Phi) is 3.44. The molecular formula is C12H15IO. The molecule has 0 saturated carbocycles. The zero-order valence-electron chi connectivity index (χ0n) is 8.37. The van der Waals surface area contributed by atoms with E-state index < -0.39 is 0 Å². The molecule has 1 fully saturated rings. The Morgan fingerprint density at radius 1 is 1.43 bits per heavy atom. The molecule has 1 aliphatic rings. The molecule has 2 heteroatoms. The molecule has 0 N–H and O–H groups in total. The third kappa shape index (κ3) is 2.11. The summed E-state index contributed by atoms with van der Waals surface area (Å²) in [4.78, 5) is 0. The molecule has 76 valence electrons. The van der Waals surface area contributed by atoms with Gasteiger partial charge >= 0.3 is 0 Å². The van der Waals surface area contributed by atoms with Gasteiger partial charge in [-0.2, -0.15) is 0 Å². The molecule has 1 aromatic rings. The lowest BCUT2D eigenvalue weighted by Gasteiger charge is -2.11. The number of aryl methyl sites for hydroxylation is 1. The molecule has 0 aliphatic carbocycles. The van der Waals surface area contributed by atoms with Crippen LogP contribution in [0.25, 0.3) is 0 Å². The maximum Gasteiger partial charge on any atom is 0.0671 e. The van der Waals surface area contributed by atoms with Crippen molar-refractivity contribution >= 4 is 22.6 Å². The monoisotopic (exact) mass is 302 g/mol. The minimum atomic E-state index is 0.472. The summed E-state index contributed by atoms with van der Waals surface area (Å²) in [5.41, 5.74) is 2.87. The standard InChI is InChI=1S/C12H15IO/c1-9-4-2-3-5-12(9)10-6-11(7-13)14-8-10/h2-5,10-11H,6-8H2,1H3/t10-,11+/m0/s1. The van der Waals surface area contributed by atoms with Crippen molar-refractivity contribution in [1.82, 2.24) is 0 Å². The Hall–Kier alpha value is -0.0900. The van der Waals surface area contributed by atoms with E-state index in [2.05, 4.69) is 53.8 Å². The highest BCUT2D eigenvalue weighted by Gasteiger charge is 2.26. The van der Waals surface area contributed by atoms with E-state index in [9.17, 15) is 0 Å². The first-order valence-electron chi connectivity index (χ1n) is 5.04. The first-order chi connectivity index (χ1) is 6.81. The van der Waals surface area contributed by atoms with Crippen LogP contribution in [0.5, 0.6) is 0 Å². The van der Waals surface area contributed by atoms with Crippen LogP contribution in [0, 0.1) is 6.92 Å². The van der Waals surface area contributed by atoms with E-state index in [4.69, 9.17) is 4.74 Å². The summed E-state index contributed by atoms with van der Waals surface area (Å²) in [6, 6.07) is 8.65. The smallest absolute Gasteiger partial charge is 0.0671 e. The lowest BCUT2D eigenvalue weighted by atomic mass is 9.93. The van der Waals surface area contributed by atoms with Gasteiger partial charge in [0.1, 0.15) is 0 Å². The SMILES string of the molecule is Cc1ccccc1[C@@H]1CO[C@@H](CI)C1. The van der Waals surface area contributed by atoms with E-state index in [0.717, 1.165) is 11.0 Å². The van der Waals surface area contributed by atoms with Crippen molar-refractivity contribution in [3.05, 3.63) is 35.4 Å². The molecular weight excluding hydrogens is 287 g/mol. The highest BCUT2D eigenvalue weighted by Crippen LogP contribution is 2.31. The average molecular weight is 302 g/mol. The third-order valence-electron chi connectivity index (χ3n) is 2.88. The summed E-state index contributed by atoms with van der Waals surface area (Å²) < 4.78 is 6.83. The first kappa shape index (κ1) is 10.4. The average Bonchev–Trinajstić information content (AvgIpc) is 2.67. The van der Waals surface area contributed by atoms with Crippen molar-refractivity contribution in [3.63, 3.8) is 0 Å². The number of rotatable bonds is 2. The summed E-state index contributed by atoms with van der Waals surface area (Å²) in [6.45, 7) is 3.09. The number of hydrogen-bond acceptors (Lipinski definition) is 1. The van der Waals surface area contributed by atoms with Gasteiger partial charge in [-0.1, -0.05) is 46.9 Å². The van der Waals surface area contributed by atoms with Gasteiger partial charge in [-0.3, -0.25) is 0 Å². The summed E-state index contributed by atoms with van der Waals surface area (Å²) in [6.07, 6.45) is 1.66. The van der Waals surface area contributed by atoms with Gasteiger partial charge in [0.25, 0.3) is 0 Å². The molecule has 0 unspecified atom stereocenters. The van der Waals surface area contributed by atoms with Gasteiger partial charge in [-0.15, -0.1) is 0 Å². The molecule has 0 bridgehead atoms. The van der Waals surface area contributed by atoms with E-state index in [-0.39, 0.29) is 0 Å². The number of benzene rings is 1. The molecule has 0 radical (unpaired) electrons. The molecule has 2 atom stereocenters. The summed E-state index contributed by atoms with van der Waals surface area (Å²) in [7, 11) is 0. The van der Waals surface area contributed by atoms with E-state index in [0.29, 0.717) is 12.0 Å². The van der Waals surface area contributed by atoms with Gasteiger partial charge in [0, 0.05) is 10.3 Å². The van der Waals surface area contributed by atoms with E-state index in [1.165, 1.54) is 17.5 Å². The van der Waals surface area contributed by atoms with Gasteiger partial charge in [0.15, 0.2) is 0 Å². The highest BCUT2D eigenvalue weighted by molar-refractivity contribution is 14.1. The molecule has 0 spiro atoms. The van der Waals surface area contributed by atoms with E-state index in [1.54, 1.807) is 0 Å². The quantitative estimate of drug-likeness (QED) is 0.601. The fraction of sp³-hybridized carbons (Fsp3) is 0.500. The van der Waals surface area contributed by atoms with Crippen LogP contribution in [-0.4, -0.2) is 17.1 Å². The van der Waals surface area contributed by atoms with Crippen LogP contribution in [0.2, 0.25) is 0 Å². The molecule has 14 heavy (non-hydrogen) atoms. The van der Waals surface area contributed by atoms with Crippen LogP contribution in [-0.2, 0) is 4.74 Å². The fourth-order valence-electron chi connectivity index (χ4n) is 2.07. The number of halogens is 1. The van der Waals surface area contributed by atoms with Crippen molar-refractivity contribution in [1.29, 1.82) is 0 Å². The van der Waals surface area contributed by atoms with Crippen molar-refractivity contribution in [3.8, 4) is 0 Å².